The van der Waals surface area contributed by atoms with Crippen molar-refractivity contribution in [3.05, 3.63) is 35.6 Å². The highest BCUT2D eigenvalue weighted by Crippen LogP contribution is 2.22. The predicted octanol–water partition coefficient (Wildman–Crippen LogP) is 1.33. The Hall–Kier alpha value is -2.35. The van der Waals surface area contributed by atoms with Crippen LogP contribution in [0.25, 0.3) is 10.2 Å². The maximum absolute atomic E-state index is 12.1. The van der Waals surface area contributed by atoms with Gasteiger partial charge in [0.05, 0.1) is 23.3 Å². The molecule has 0 radical (unpaired) electrons. The number of hydrogen-bond donors (Lipinski definition) is 0. The SMILES string of the molecule is CN(Cc1nc2ccccc2s1)C(=O)CCn1cnnn1. The van der Waals surface area contributed by atoms with Crippen LogP contribution in [-0.2, 0) is 17.9 Å². The van der Waals surface area contributed by atoms with E-state index in [1.54, 1.807) is 28.0 Å². The van der Waals surface area contributed by atoms with E-state index >= 15 is 0 Å². The minimum absolute atomic E-state index is 0.0461. The summed E-state index contributed by atoms with van der Waals surface area (Å²) in [6, 6.07) is 7.98. The third-order valence-electron chi connectivity index (χ3n) is 3.08. The smallest absolute Gasteiger partial charge is 0.224 e. The number of tetrazole rings is 1. The molecule has 3 rings (SSSR count). The zero-order chi connectivity index (χ0) is 14.7. The lowest BCUT2D eigenvalue weighted by molar-refractivity contribution is -0.130. The first kappa shape index (κ1) is 13.6. The minimum Gasteiger partial charge on any atom is -0.339 e. The Morgan fingerprint density at radius 1 is 1.38 bits per heavy atom. The zero-order valence-corrected chi connectivity index (χ0v) is 12.3. The summed E-state index contributed by atoms with van der Waals surface area (Å²) in [6.45, 7) is 1.00. The van der Waals surface area contributed by atoms with E-state index in [-0.39, 0.29) is 5.91 Å². The van der Waals surface area contributed by atoms with Crippen LogP contribution < -0.4 is 0 Å². The van der Waals surface area contributed by atoms with Gasteiger partial charge in [0.1, 0.15) is 11.3 Å². The van der Waals surface area contributed by atoms with Crippen molar-refractivity contribution in [3.63, 3.8) is 0 Å². The second-order valence-electron chi connectivity index (χ2n) is 4.65. The molecule has 3 aromatic rings. The maximum atomic E-state index is 12.1. The van der Waals surface area contributed by atoms with Gasteiger partial charge in [-0.25, -0.2) is 9.67 Å². The first-order chi connectivity index (χ1) is 10.2. The topological polar surface area (TPSA) is 76.8 Å². The van der Waals surface area contributed by atoms with Crippen molar-refractivity contribution >= 4 is 27.5 Å². The number of fused-ring (bicyclic) bond motifs is 1. The molecule has 1 amide bonds. The van der Waals surface area contributed by atoms with Gasteiger partial charge >= 0.3 is 0 Å². The monoisotopic (exact) mass is 302 g/mol. The summed E-state index contributed by atoms with van der Waals surface area (Å²) in [5.74, 6) is 0.0461. The van der Waals surface area contributed by atoms with Crippen LogP contribution in [0.3, 0.4) is 0 Å². The van der Waals surface area contributed by atoms with Gasteiger partial charge in [-0.2, -0.15) is 0 Å². The molecule has 0 saturated carbocycles. The summed E-state index contributed by atoms with van der Waals surface area (Å²) in [6.07, 6.45) is 1.87. The second kappa shape index (κ2) is 5.96. The Morgan fingerprint density at radius 2 is 2.24 bits per heavy atom. The van der Waals surface area contributed by atoms with Gasteiger partial charge in [-0.05, 0) is 22.6 Å². The molecule has 1 aromatic carbocycles. The number of benzene rings is 1. The molecule has 21 heavy (non-hydrogen) atoms. The first-order valence-electron chi connectivity index (χ1n) is 6.51. The number of carbonyl (C=O) groups excluding carboxylic acids is 1. The standard InChI is InChI=1S/C13H14N6OS/c1-18(13(20)6-7-19-9-14-16-17-19)8-12-15-10-4-2-3-5-11(10)21-12/h2-5,9H,6-8H2,1H3. The van der Waals surface area contributed by atoms with Crippen LogP contribution in [0.4, 0.5) is 0 Å². The fraction of sp³-hybridized carbons (Fsp3) is 0.308. The molecule has 0 aliphatic heterocycles. The number of aromatic nitrogens is 5. The number of para-hydroxylation sites is 1. The van der Waals surface area contributed by atoms with E-state index in [1.807, 2.05) is 24.3 Å². The quantitative estimate of drug-likeness (QED) is 0.710. The lowest BCUT2D eigenvalue weighted by Gasteiger charge is -2.15. The van der Waals surface area contributed by atoms with E-state index in [0.29, 0.717) is 19.5 Å². The molecule has 0 unspecified atom stereocenters. The lowest BCUT2D eigenvalue weighted by atomic mass is 10.3. The number of aryl methyl sites for hydroxylation is 1. The van der Waals surface area contributed by atoms with Crippen molar-refractivity contribution in [2.24, 2.45) is 0 Å². The van der Waals surface area contributed by atoms with Crippen molar-refractivity contribution in [2.45, 2.75) is 19.5 Å². The molecule has 108 valence electrons. The van der Waals surface area contributed by atoms with Gasteiger partial charge in [0.2, 0.25) is 5.91 Å². The average molecular weight is 302 g/mol. The van der Waals surface area contributed by atoms with Crippen LogP contribution in [0.2, 0.25) is 0 Å². The number of nitrogens with zero attached hydrogens (tertiary/aromatic N) is 6. The van der Waals surface area contributed by atoms with Crippen molar-refractivity contribution in [1.82, 2.24) is 30.1 Å². The van der Waals surface area contributed by atoms with E-state index in [2.05, 4.69) is 20.5 Å². The van der Waals surface area contributed by atoms with Crippen LogP contribution in [0.1, 0.15) is 11.4 Å². The van der Waals surface area contributed by atoms with Gasteiger partial charge in [0.15, 0.2) is 0 Å². The Labute approximate surface area is 125 Å². The van der Waals surface area contributed by atoms with Crippen LogP contribution in [0.15, 0.2) is 30.6 Å². The number of rotatable bonds is 5. The van der Waals surface area contributed by atoms with Gasteiger partial charge < -0.3 is 4.90 Å². The van der Waals surface area contributed by atoms with Crippen LogP contribution >= 0.6 is 11.3 Å². The van der Waals surface area contributed by atoms with Gasteiger partial charge in [-0.3, -0.25) is 4.79 Å². The van der Waals surface area contributed by atoms with Gasteiger partial charge in [0, 0.05) is 13.5 Å². The second-order valence-corrected chi connectivity index (χ2v) is 5.76. The van der Waals surface area contributed by atoms with E-state index < -0.39 is 0 Å². The summed E-state index contributed by atoms with van der Waals surface area (Å²) >= 11 is 1.62. The zero-order valence-electron chi connectivity index (χ0n) is 11.5. The average Bonchev–Trinajstić information content (AvgIpc) is 3.13. The highest BCUT2D eigenvalue weighted by atomic mass is 32.1. The van der Waals surface area contributed by atoms with E-state index in [0.717, 1.165) is 15.2 Å². The van der Waals surface area contributed by atoms with Gasteiger partial charge in [-0.1, -0.05) is 12.1 Å². The highest BCUT2D eigenvalue weighted by Gasteiger charge is 2.12. The van der Waals surface area contributed by atoms with Gasteiger partial charge in [-0.15, -0.1) is 16.4 Å². The Kier molecular flexibility index (Phi) is 3.87. The van der Waals surface area contributed by atoms with Crippen LogP contribution in [-0.4, -0.2) is 43.0 Å². The molecule has 0 N–H and O–H groups in total. The summed E-state index contributed by atoms with van der Waals surface area (Å²) in [4.78, 5) is 18.3. The molecule has 0 spiro atoms. The Morgan fingerprint density at radius 3 is 3.00 bits per heavy atom. The molecule has 0 saturated heterocycles. The van der Waals surface area contributed by atoms with Crippen LogP contribution in [0, 0.1) is 0 Å². The number of thiazole rings is 1. The highest BCUT2D eigenvalue weighted by molar-refractivity contribution is 7.18. The molecule has 0 fully saturated rings. The van der Waals surface area contributed by atoms with E-state index in [9.17, 15) is 4.79 Å². The third kappa shape index (κ3) is 3.22. The van der Waals surface area contributed by atoms with Crippen molar-refractivity contribution in [1.29, 1.82) is 0 Å². The van der Waals surface area contributed by atoms with Crippen molar-refractivity contribution < 1.29 is 4.79 Å². The van der Waals surface area contributed by atoms with Crippen molar-refractivity contribution in [3.8, 4) is 0 Å². The number of carbonyl (C=O) groups is 1. The van der Waals surface area contributed by atoms with Crippen LogP contribution in [0.5, 0.6) is 0 Å². The Balaban J connectivity index is 1.59. The molecule has 2 aromatic heterocycles. The molecule has 0 aliphatic rings. The summed E-state index contributed by atoms with van der Waals surface area (Å²) in [7, 11) is 1.79. The molecule has 0 atom stereocenters. The number of amides is 1. The molecule has 2 heterocycles. The molecule has 7 nitrogen and oxygen atoms in total. The van der Waals surface area contributed by atoms with Crippen molar-refractivity contribution in [2.75, 3.05) is 7.05 Å². The third-order valence-corrected chi connectivity index (χ3v) is 4.10. The summed E-state index contributed by atoms with van der Waals surface area (Å²) in [5.41, 5.74) is 0.979. The Bertz CT molecular complexity index is 705. The molecule has 0 bridgehead atoms. The molecular weight excluding hydrogens is 288 g/mol. The largest absolute Gasteiger partial charge is 0.339 e. The predicted molar refractivity (Wildman–Crippen MR) is 78.5 cm³/mol. The lowest BCUT2D eigenvalue weighted by Crippen LogP contribution is -2.27. The molecule has 0 aliphatic carbocycles. The number of hydrogen-bond acceptors (Lipinski definition) is 6. The van der Waals surface area contributed by atoms with E-state index in [1.165, 1.54) is 6.33 Å². The molecule has 8 heteroatoms. The van der Waals surface area contributed by atoms with E-state index in [4.69, 9.17) is 0 Å². The fourth-order valence-corrected chi connectivity index (χ4v) is 2.98. The van der Waals surface area contributed by atoms with Gasteiger partial charge in [0.25, 0.3) is 0 Å². The molecular formula is C13H14N6OS. The first-order valence-corrected chi connectivity index (χ1v) is 7.33. The summed E-state index contributed by atoms with van der Waals surface area (Å²) < 4.78 is 2.69. The maximum Gasteiger partial charge on any atom is 0.224 e. The minimum atomic E-state index is 0.0461. The fourth-order valence-electron chi connectivity index (χ4n) is 1.96. The summed E-state index contributed by atoms with van der Waals surface area (Å²) in [5, 5.41) is 11.7. The normalized spacial score (nSPS) is 10.9.